The van der Waals surface area contributed by atoms with E-state index < -0.39 is 23.2 Å². The van der Waals surface area contributed by atoms with Gasteiger partial charge in [0.1, 0.15) is 5.65 Å². The third kappa shape index (κ3) is 2.78. The van der Waals surface area contributed by atoms with Crippen LogP contribution in [0.4, 0.5) is 4.39 Å². The van der Waals surface area contributed by atoms with Crippen molar-refractivity contribution in [1.82, 2.24) is 19.2 Å². The largest absolute Gasteiger partial charge is 0.481 e. The van der Waals surface area contributed by atoms with E-state index in [9.17, 15) is 19.1 Å². The maximum atomic E-state index is 14.7. The number of likely N-dealkylation sites (tertiary alicyclic amines) is 2. The van der Waals surface area contributed by atoms with Crippen LogP contribution in [-0.2, 0) is 4.79 Å². The predicted octanol–water partition coefficient (Wildman–Crippen LogP) is 2.14. The molecule has 4 heterocycles. The molecule has 0 saturated carbocycles. The zero-order valence-corrected chi connectivity index (χ0v) is 15.6. The standard InChI is InChI=1S/C18H20ClFN4O3/c1-22-7-2-5-18(17(26)27)6-8-23(10-12(18)22)16(25)14-15(20)24-9-11(19)3-4-13(24)21-14/h3-4,9,12H,2,5-8,10H2,1H3,(H,26,27)/t12-,18+/m1/s1. The maximum absolute atomic E-state index is 14.7. The Kier molecular flexibility index (Phi) is 4.35. The first kappa shape index (κ1) is 18.2. The van der Waals surface area contributed by atoms with Crippen LogP contribution in [0.2, 0.25) is 5.02 Å². The fourth-order valence-corrected chi connectivity index (χ4v) is 4.61. The van der Waals surface area contributed by atoms with Crippen LogP contribution in [-0.4, -0.2) is 68.9 Å². The van der Waals surface area contributed by atoms with E-state index in [0.29, 0.717) is 23.5 Å². The summed E-state index contributed by atoms with van der Waals surface area (Å²) in [7, 11) is 1.88. The molecule has 27 heavy (non-hydrogen) atoms. The monoisotopic (exact) mass is 394 g/mol. The normalized spacial score (nSPS) is 26.2. The summed E-state index contributed by atoms with van der Waals surface area (Å²) in [4.78, 5) is 32.6. The van der Waals surface area contributed by atoms with Gasteiger partial charge in [0.2, 0.25) is 5.95 Å². The number of aromatic nitrogens is 2. The summed E-state index contributed by atoms with van der Waals surface area (Å²) in [5, 5.41) is 10.2. The smallest absolute Gasteiger partial charge is 0.311 e. The molecule has 1 N–H and O–H groups in total. The van der Waals surface area contributed by atoms with Crippen molar-refractivity contribution in [3.63, 3.8) is 0 Å². The molecule has 4 rings (SSSR count). The van der Waals surface area contributed by atoms with Crippen LogP contribution in [0.3, 0.4) is 0 Å². The number of carbonyl (C=O) groups excluding carboxylic acids is 1. The minimum atomic E-state index is -0.852. The number of aliphatic carboxylic acids is 1. The first-order valence-electron chi connectivity index (χ1n) is 8.89. The minimum absolute atomic E-state index is 0.246. The first-order valence-corrected chi connectivity index (χ1v) is 9.27. The van der Waals surface area contributed by atoms with Gasteiger partial charge in [-0.1, -0.05) is 11.6 Å². The molecule has 2 aromatic rings. The van der Waals surface area contributed by atoms with Gasteiger partial charge < -0.3 is 14.9 Å². The second-order valence-electron chi connectivity index (χ2n) is 7.39. The highest BCUT2D eigenvalue weighted by Crippen LogP contribution is 2.42. The fraction of sp³-hybridized carbons (Fsp3) is 0.500. The van der Waals surface area contributed by atoms with E-state index in [4.69, 9.17) is 11.6 Å². The molecular formula is C18H20ClFN4O3. The van der Waals surface area contributed by atoms with Crippen LogP contribution in [0.25, 0.3) is 5.65 Å². The van der Waals surface area contributed by atoms with Gasteiger partial charge in [-0.15, -0.1) is 0 Å². The molecule has 1 amide bonds. The van der Waals surface area contributed by atoms with E-state index in [1.165, 1.54) is 11.1 Å². The number of carboxylic acids is 1. The fourth-order valence-electron chi connectivity index (χ4n) is 4.45. The van der Waals surface area contributed by atoms with Gasteiger partial charge in [0, 0.05) is 25.3 Å². The maximum Gasteiger partial charge on any atom is 0.311 e. The highest BCUT2D eigenvalue weighted by atomic mass is 35.5. The predicted molar refractivity (Wildman–Crippen MR) is 96.4 cm³/mol. The van der Waals surface area contributed by atoms with Crippen LogP contribution in [0.5, 0.6) is 0 Å². The molecule has 7 nitrogen and oxygen atoms in total. The van der Waals surface area contributed by atoms with E-state index in [1.54, 1.807) is 12.1 Å². The lowest BCUT2D eigenvalue weighted by atomic mass is 9.68. The summed E-state index contributed by atoms with van der Waals surface area (Å²) in [6, 6.07) is 2.83. The molecule has 2 saturated heterocycles. The summed E-state index contributed by atoms with van der Waals surface area (Å²) in [6.45, 7) is 1.29. The van der Waals surface area contributed by atoms with Crippen LogP contribution in [0.15, 0.2) is 18.3 Å². The van der Waals surface area contributed by atoms with Crippen molar-refractivity contribution in [1.29, 1.82) is 0 Å². The number of likely N-dealkylation sites (N-methyl/N-ethyl adjacent to an activating group) is 1. The SMILES string of the molecule is CN1CCC[C@]2(C(=O)O)CCN(C(=O)c3nc4ccc(Cl)cn4c3F)C[C@@H]12. The zero-order valence-electron chi connectivity index (χ0n) is 14.9. The second-order valence-corrected chi connectivity index (χ2v) is 7.83. The van der Waals surface area contributed by atoms with Crippen molar-refractivity contribution in [2.75, 3.05) is 26.7 Å². The number of amides is 1. The number of halogens is 2. The Morgan fingerprint density at radius 3 is 2.85 bits per heavy atom. The molecule has 2 aliphatic heterocycles. The lowest BCUT2D eigenvalue weighted by Gasteiger charge is -2.51. The molecular weight excluding hydrogens is 375 g/mol. The lowest BCUT2D eigenvalue weighted by Crippen LogP contribution is -2.63. The van der Waals surface area contributed by atoms with Crippen molar-refractivity contribution >= 4 is 29.1 Å². The summed E-state index contributed by atoms with van der Waals surface area (Å²) in [5.74, 6) is -2.10. The summed E-state index contributed by atoms with van der Waals surface area (Å²) < 4.78 is 15.9. The molecule has 2 fully saturated rings. The molecule has 0 bridgehead atoms. The Hall–Kier alpha value is -2.19. The van der Waals surface area contributed by atoms with Crippen molar-refractivity contribution in [2.24, 2.45) is 5.41 Å². The van der Waals surface area contributed by atoms with Crippen LogP contribution < -0.4 is 0 Å². The van der Waals surface area contributed by atoms with E-state index >= 15 is 0 Å². The molecule has 0 aromatic carbocycles. The van der Waals surface area contributed by atoms with Gasteiger partial charge in [0.25, 0.3) is 5.91 Å². The number of carbonyl (C=O) groups is 2. The molecule has 2 atom stereocenters. The molecule has 2 aromatic heterocycles. The van der Waals surface area contributed by atoms with Gasteiger partial charge >= 0.3 is 5.97 Å². The van der Waals surface area contributed by atoms with Gasteiger partial charge in [-0.3, -0.25) is 14.0 Å². The quantitative estimate of drug-likeness (QED) is 0.844. The van der Waals surface area contributed by atoms with E-state index in [2.05, 4.69) is 4.98 Å². The van der Waals surface area contributed by atoms with Gasteiger partial charge in [0.05, 0.1) is 10.4 Å². The summed E-state index contributed by atoms with van der Waals surface area (Å²) in [6.07, 6.45) is 3.14. The van der Waals surface area contributed by atoms with Crippen LogP contribution >= 0.6 is 11.6 Å². The Morgan fingerprint density at radius 1 is 1.33 bits per heavy atom. The number of piperidine rings is 2. The third-order valence-corrected chi connectivity index (χ3v) is 6.19. The van der Waals surface area contributed by atoms with E-state index in [1.807, 2.05) is 11.9 Å². The van der Waals surface area contributed by atoms with Gasteiger partial charge in [-0.25, -0.2) is 4.98 Å². The highest BCUT2D eigenvalue weighted by molar-refractivity contribution is 6.30. The van der Waals surface area contributed by atoms with Gasteiger partial charge in [-0.05, 0) is 45.0 Å². The number of pyridine rings is 1. The first-order chi connectivity index (χ1) is 12.8. The van der Waals surface area contributed by atoms with Gasteiger partial charge in [0.15, 0.2) is 5.69 Å². The Labute approximate surface area is 160 Å². The van der Waals surface area contributed by atoms with Gasteiger partial charge in [-0.2, -0.15) is 4.39 Å². The van der Waals surface area contributed by atoms with Crippen molar-refractivity contribution in [2.45, 2.75) is 25.3 Å². The molecule has 2 aliphatic rings. The molecule has 0 unspecified atom stereocenters. The van der Waals surface area contributed by atoms with Crippen molar-refractivity contribution < 1.29 is 19.1 Å². The number of fused-ring (bicyclic) bond motifs is 2. The number of imidazole rings is 1. The van der Waals surface area contributed by atoms with Crippen LogP contribution in [0.1, 0.15) is 29.8 Å². The molecule has 0 aliphatic carbocycles. The third-order valence-electron chi connectivity index (χ3n) is 5.96. The summed E-state index contributed by atoms with van der Waals surface area (Å²) >= 11 is 5.89. The van der Waals surface area contributed by atoms with E-state index in [0.717, 1.165) is 17.4 Å². The molecule has 0 spiro atoms. The topological polar surface area (TPSA) is 78.2 Å². The second kappa shape index (κ2) is 6.45. The highest BCUT2D eigenvalue weighted by Gasteiger charge is 2.53. The Morgan fingerprint density at radius 2 is 2.11 bits per heavy atom. The number of hydrogen-bond acceptors (Lipinski definition) is 4. The Bertz CT molecular complexity index is 933. The van der Waals surface area contributed by atoms with E-state index in [-0.39, 0.29) is 24.8 Å². The van der Waals surface area contributed by atoms with Crippen molar-refractivity contribution in [3.8, 4) is 0 Å². The Balaban J connectivity index is 1.64. The number of carboxylic acid groups (broad SMARTS) is 1. The van der Waals surface area contributed by atoms with Crippen LogP contribution in [0, 0.1) is 11.4 Å². The van der Waals surface area contributed by atoms with Crippen molar-refractivity contribution in [3.05, 3.63) is 35.0 Å². The summed E-state index contributed by atoms with van der Waals surface area (Å²) in [5.41, 5.74) is -0.820. The number of rotatable bonds is 2. The lowest BCUT2D eigenvalue weighted by molar-refractivity contribution is -0.161. The molecule has 0 radical (unpaired) electrons. The number of nitrogens with zero attached hydrogens (tertiary/aromatic N) is 4. The average Bonchev–Trinajstić information content (AvgIpc) is 2.97. The minimum Gasteiger partial charge on any atom is -0.481 e. The zero-order chi connectivity index (χ0) is 19.3. The number of hydrogen-bond donors (Lipinski definition) is 1. The molecule has 9 heteroatoms. The molecule has 144 valence electrons. The average molecular weight is 395 g/mol.